The Morgan fingerprint density at radius 2 is 1.14 bits per heavy atom. The van der Waals surface area contributed by atoms with Crippen LogP contribution in [0.2, 0.25) is 0 Å². The van der Waals surface area contributed by atoms with Crippen LogP contribution in [0.25, 0.3) is 0 Å². The molecule has 0 aromatic heterocycles. The third-order valence-electron chi connectivity index (χ3n) is 3.41. The number of phenols is 1. The smallest absolute Gasteiger partial charge is 0.118 e. The molecule has 22 heavy (non-hydrogen) atoms. The van der Waals surface area contributed by atoms with E-state index in [2.05, 4.69) is 60.7 Å². The minimum Gasteiger partial charge on any atom is -0.508 e. The molecule has 0 aliphatic heterocycles. The van der Waals surface area contributed by atoms with Gasteiger partial charge in [0.25, 0.3) is 0 Å². The molecule has 0 unspecified atom stereocenters. The quantitative estimate of drug-likeness (QED) is 0.699. The molecule has 0 bridgehead atoms. The molecule has 112 valence electrons. The number of aromatic hydroxyl groups is 1. The Morgan fingerprint density at radius 1 is 0.636 bits per heavy atom. The zero-order valence-corrected chi connectivity index (χ0v) is 14.0. The van der Waals surface area contributed by atoms with Gasteiger partial charge in [-0.25, -0.2) is 0 Å². The van der Waals surface area contributed by atoms with Gasteiger partial charge in [-0.15, -0.1) is 0 Å². The molecule has 0 aliphatic carbocycles. The molecular formula is C20H21OP. The van der Waals surface area contributed by atoms with Crippen molar-refractivity contribution in [3.05, 3.63) is 90.0 Å². The topological polar surface area (TPSA) is 20.2 Å². The van der Waals surface area contributed by atoms with Crippen LogP contribution in [0.15, 0.2) is 78.9 Å². The van der Waals surface area contributed by atoms with Crippen LogP contribution in [-0.2, 0) is 0 Å². The van der Waals surface area contributed by atoms with Crippen LogP contribution < -0.4 is 10.6 Å². The lowest BCUT2D eigenvalue weighted by atomic mass is 10.1. The fourth-order valence-electron chi connectivity index (χ4n) is 1.95. The van der Waals surface area contributed by atoms with Gasteiger partial charge in [-0.2, -0.15) is 0 Å². The summed E-state index contributed by atoms with van der Waals surface area (Å²) in [5.41, 5.74) is 2.10. The van der Waals surface area contributed by atoms with E-state index >= 15 is 0 Å². The molecular weight excluding hydrogens is 287 g/mol. The highest BCUT2D eigenvalue weighted by Gasteiger charge is 1.94. The third-order valence-corrected chi connectivity index (χ3v) is 4.66. The van der Waals surface area contributed by atoms with Crippen molar-refractivity contribution in [2.45, 2.75) is 13.8 Å². The maximum Gasteiger partial charge on any atom is 0.118 e. The second-order valence-corrected chi connectivity index (χ2v) is 6.48. The Bertz CT molecular complexity index is 636. The van der Waals surface area contributed by atoms with E-state index in [0.29, 0.717) is 5.75 Å². The highest BCUT2D eigenvalue weighted by Crippen LogP contribution is 2.17. The molecule has 0 radical (unpaired) electrons. The lowest BCUT2D eigenvalue weighted by molar-refractivity contribution is 0.470. The molecule has 0 aliphatic rings. The number of hydrogen-bond acceptors (Lipinski definition) is 1. The molecule has 3 aromatic rings. The summed E-state index contributed by atoms with van der Waals surface area (Å²) in [5.74, 6) is 0.384. The second-order valence-electron chi connectivity index (χ2n) is 5.08. The van der Waals surface area contributed by atoms with Crippen molar-refractivity contribution in [1.29, 1.82) is 0 Å². The summed E-state index contributed by atoms with van der Waals surface area (Å²) >= 11 is 0. The van der Waals surface area contributed by atoms with Crippen LogP contribution in [0, 0.1) is 13.8 Å². The van der Waals surface area contributed by atoms with Crippen LogP contribution in [0.5, 0.6) is 5.75 Å². The van der Waals surface area contributed by atoms with Crippen molar-refractivity contribution in [1.82, 2.24) is 0 Å². The van der Waals surface area contributed by atoms with E-state index in [9.17, 15) is 0 Å². The number of aryl methyl sites for hydroxylation is 1. The normalized spacial score (nSPS) is 9.73. The minimum atomic E-state index is 0.384. The van der Waals surface area contributed by atoms with E-state index in [-0.39, 0.29) is 0 Å². The molecule has 0 saturated heterocycles. The van der Waals surface area contributed by atoms with Crippen molar-refractivity contribution < 1.29 is 5.11 Å². The summed E-state index contributed by atoms with van der Waals surface area (Å²) in [4.78, 5) is 0. The van der Waals surface area contributed by atoms with Gasteiger partial charge < -0.3 is 5.11 Å². The number of benzene rings is 3. The zero-order chi connectivity index (χ0) is 15.8. The van der Waals surface area contributed by atoms with Gasteiger partial charge in [-0.1, -0.05) is 81.4 Å². The second kappa shape index (κ2) is 8.36. The van der Waals surface area contributed by atoms with E-state index in [0.717, 1.165) is 19.7 Å². The van der Waals surface area contributed by atoms with E-state index in [4.69, 9.17) is 5.11 Å². The van der Waals surface area contributed by atoms with Gasteiger partial charge in [0.1, 0.15) is 5.75 Å². The lowest BCUT2D eigenvalue weighted by Gasteiger charge is -2.00. The van der Waals surface area contributed by atoms with E-state index in [1.807, 2.05) is 26.0 Å². The predicted octanol–water partition coefficient (Wildman–Crippen LogP) is 4.32. The standard InChI is InChI=1S/C12H11P.C8H10O/c1-3-7-11(8-4-1)13-12-9-5-2-6-10-12;1-6-4-3-5-8(9)7(6)2/h1-10,13H;3-5,9H,1-2H3. The SMILES string of the molecule is Cc1cccc(O)c1C.c1ccc(Pc2ccccc2)cc1. The summed E-state index contributed by atoms with van der Waals surface area (Å²) in [6, 6.07) is 26.7. The summed E-state index contributed by atoms with van der Waals surface area (Å²) in [7, 11) is 0.777. The molecule has 0 saturated carbocycles. The Kier molecular flexibility index (Phi) is 6.18. The Labute approximate surface area is 134 Å². The molecule has 0 spiro atoms. The van der Waals surface area contributed by atoms with Crippen LogP contribution in [-0.4, -0.2) is 5.11 Å². The highest BCUT2D eigenvalue weighted by atomic mass is 31.1. The first-order valence-electron chi connectivity index (χ1n) is 7.29. The highest BCUT2D eigenvalue weighted by molar-refractivity contribution is 7.55. The molecule has 0 amide bonds. The number of phenolic OH excluding ortho intramolecular Hbond substituents is 1. The molecule has 3 aromatic carbocycles. The Balaban J connectivity index is 0.000000172. The summed E-state index contributed by atoms with van der Waals surface area (Å²) in [6.07, 6.45) is 0. The molecule has 0 fully saturated rings. The van der Waals surface area contributed by atoms with Crippen LogP contribution in [0.3, 0.4) is 0 Å². The van der Waals surface area contributed by atoms with Gasteiger partial charge in [0.05, 0.1) is 0 Å². The summed E-state index contributed by atoms with van der Waals surface area (Å²) in [6.45, 7) is 3.89. The zero-order valence-electron chi connectivity index (χ0n) is 13.0. The van der Waals surface area contributed by atoms with Gasteiger partial charge in [0.2, 0.25) is 0 Å². The van der Waals surface area contributed by atoms with E-state index in [1.54, 1.807) is 6.07 Å². The largest absolute Gasteiger partial charge is 0.508 e. The lowest BCUT2D eigenvalue weighted by Crippen LogP contribution is -2.01. The Morgan fingerprint density at radius 3 is 1.55 bits per heavy atom. The minimum absolute atomic E-state index is 0.384. The molecule has 0 atom stereocenters. The van der Waals surface area contributed by atoms with Crippen molar-refractivity contribution in [3.8, 4) is 5.75 Å². The molecule has 1 N–H and O–H groups in total. The first-order valence-corrected chi connectivity index (χ1v) is 8.29. The van der Waals surface area contributed by atoms with Crippen LogP contribution in [0.1, 0.15) is 11.1 Å². The van der Waals surface area contributed by atoms with Gasteiger partial charge in [0.15, 0.2) is 0 Å². The number of rotatable bonds is 2. The van der Waals surface area contributed by atoms with E-state index in [1.165, 1.54) is 10.6 Å². The predicted molar refractivity (Wildman–Crippen MR) is 98.0 cm³/mol. The first kappa shape index (κ1) is 16.3. The van der Waals surface area contributed by atoms with Crippen molar-refractivity contribution in [2.75, 3.05) is 0 Å². The molecule has 3 rings (SSSR count). The maximum atomic E-state index is 9.10. The monoisotopic (exact) mass is 308 g/mol. The first-order chi connectivity index (χ1) is 10.7. The number of hydrogen-bond donors (Lipinski definition) is 1. The molecule has 2 heteroatoms. The summed E-state index contributed by atoms with van der Waals surface area (Å²) < 4.78 is 0. The van der Waals surface area contributed by atoms with Gasteiger partial charge >= 0.3 is 0 Å². The fraction of sp³-hybridized carbons (Fsp3) is 0.100. The average Bonchev–Trinajstić information content (AvgIpc) is 2.55. The van der Waals surface area contributed by atoms with Gasteiger partial charge in [0, 0.05) is 0 Å². The molecule has 0 heterocycles. The van der Waals surface area contributed by atoms with Crippen LogP contribution >= 0.6 is 8.58 Å². The molecule has 1 nitrogen and oxygen atoms in total. The van der Waals surface area contributed by atoms with E-state index < -0.39 is 0 Å². The summed E-state index contributed by atoms with van der Waals surface area (Å²) in [5, 5.41) is 11.9. The van der Waals surface area contributed by atoms with Gasteiger partial charge in [-0.3, -0.25) is 0 Å². The third kappa shape index (κ3) is 5.02. The van der Waals surface area contributed by atoms with Crippen LogP contribution in [0.4, 0.5) is 0 Å². The van der Waals surface area contributed by atoms with Gasteiger partial charge in [-0.05, 0) is 41.6 Å². The fourth-order valence-corrected chi connectivity index (χ4v) is 3.00. The van der Waals surface area contributed by atoms with Crippen molar-refractivity contribution >= 4 is 19.2 Å². The maximum absolute atomic E-state index is 9.10. The Hall–Kier alpha value is -2.11. The van der Waals surface area contributed by atoms with Crippen molar-refractivity contribution in [2.24, 2.45) is 0 Å². The van der Waals surface area contributed by atoms with Crippen molar-refractivity contribution in [3.63, 3.8) is 0 Å². The average molecular weight is 308 g/mol.